The number of carbonyl (C=O) groups excluding carboxylic acids is 1. The molecule has 7 heteroatoms. The second-order valence-corrected chi connectivity index (χ2v) is 6.89. The Balaban J connectivity index is 1.75. The van der Waals surface area contributed by atoms with Crippen LogP contribution in [0.25, 0.3) is 11.0 Å². The number of likely N-dealkylation sites (tertiary alicyclic amines) is 1. The number of hydrogen-bond donors (Lipinski definition) is 0. The minimum absolute atomic E-state index is 0.0235. The van der Waals surface area contributed by atoms with E-state index in [2.05, 4.69) is 10.1 Å². The van der Waals surface area contributed by atoms with Gasteiger partial charge in [0.25, 0.3) is 5.91 Å². The van der Waals surface area contributed by atoms with Crippen LogP contribution in [-0.4, -0.2) is 57.7 Å². The lowest BCUT2D eigenvalue weighted by Gasteiger charge is -2.38. The molecule has 0 unspecified atom stereocenters. The Kier molecular flexibility index (Phi) is 4.21. The predicted octanol–water partition coefficient (Wildman–Crippen LogP) is 1.95. The number of ether oxygens (including phenoxy) is 2. The lowest BCUT2D eigenvalue weighted by molar-refractivity contribution is -0.100. The van der Waals surface area contributed by atoms with Crippen molar-refractivity contribution in [1.29, 1.82) is 0 Å². The van der Waals surface area contributed by atoms with Crippen molar-refractivity contribution in [3.8, 4) is 0 Å². The van der Waals surface area contributed by atoms with Crippen LogP contribution >= 0.6 is 0 Å². The van der Waals surface area contributed by atoms with E-state index in [0.29, 0.717) is 18.8 Å². The van der Waals surface area contributed by atoms with Crippen LogP contribution in [0.5, 0.6) is 0 Å². The Labute approximate surface area is 146 Å². The highest BCUT2D eigenvalue weighted by Crippen LogP contribution is 2.29. The average Bonchev–Trinajstić information content (AvgIpc) is 3.23. The summed E-state index contributed by atoms with van der Waals surface area (Å²) < 4.78 is 13.1. The molecule has 25 heavy (non-hydrogen) atoms. The fraction of sp³-hybridized carbons (Fsp3) is 0.611. The quantitative estimate of drug-likeness (QED) is 0.833. The number of hydrogen-bond acceptors (Lipinski definition) is 5. The number of nitrogens with zero attached hydrogens (tertiary/aromatic N) is 4. The molecule has 0 saturated carbocycles. The molecule has 2 aromatic rings. The minimum atomic E-state index is -0.308. The van der Waals surface area contributed by atoms with E-state index in [0.717, 1.165) is 48.2 Å². The van der Waals surface area contributed by atoms with Gasteiger partial charge >= 0.3 is 0 Å². The molecule has 0 aromatic carbocycles. The number of aryl methyl sites for hydroxylation is 3. The normalized spacial score (nSPS) is 22.0. The molecule has 0 N–H and O–H groups in total. The summed E-state index contributed by atoms with van der Waals surface area (Å²) in [6.07, 6.45) is 2.70. The Hall–Kier alpha value is -1.99. The predicted molar refractivity (Wildman–Crippen MR) is 92.4 cm³/mol. The number of carbonyl (C=O) groups is 1. The molecule has 0 radical (unpaired) electrons. The average molecular weight is 344 g/mol. The van der Waals surface area contributed by atoms with Gasteiger partial charge in [-0.25, -0.2) is 4.98 Å². The van der Waals surface area contributed by atoms with Crippen molar-refractivity contribution >= 4 is 16.9 Å². The molecule has 0 spiro atoms. The lowest BCUT2D eigenvalue weighted by atomic mass is 9.99. The molecular weight excluding hydrogens is 320 g/mol. The molecule has 4 heterocycles. The van der Waals surface area contributed by atoms with Gasteiger partial charge in [0.15, 0.2) is 11.9 Å². The highest BCUT2D eigenvalue weighted by atomic mass is 16.7. The molecule has 1 amide bonds. The molecule has 2 saturated heterocycles. The molecule has 1 atom stereocenters. The number of piperidine rings is 1. The van der Waals surface area contributed by atoms with Crippen LogP contribution in [0.2, 0.25) is 0 Å². The zero-order valence-corrected chi connectivity index (χ0v) is 15.0. The Morgan fingerprint density at radius 3 is 2.76 bits per heavy atom. The van der Waals surface area contributed by atoms with E-state index in [1.54, 1.807) is 4.68 Å². The van der Waals surface area contributed by atoms with Gasteiger partial charge in [0.1, 0.15) is 0 Å². The second-order valence-electron chi connectivity index (χ2n) is 6.89. The van der Waals surface area contributed by atoms with Gasteiger partial charge in [-0.3, -0.25) is 9.48 Å². The summed E-state index contributed by atoms with van der Waals surface area (Å²) in [7, 11) is 1.86. The van der Waals surface area contributed by atoms with Gasteiger partial charge in [0.05, 0.1) is 35.9 Å². The Morgan fingerprint density at radius 2 is 2.00 bits per heavy atom. The summed E-state index contributed by atoms with van der Waals surface area (Å²) in [4.78, 5) is 19.9. The molecule has 2 aromatic heterocycles. The zero-order valence-electron chi connectivity index (χ0n) is 15.0. The maximum absolute atomic E-state index is 13.4. The standard InChI is InChI=1S/C18H24N4O3/c1-11-10-13(15-12(2)20-21(3)16(15)19-11)17(23)22-7-5-4-6-14(22)18-24-8-9-25-18/h10,14,18H,4-9H2,1-3H3/t14-/m0/s1. The molecule has 2 aliphatic heterocycles. The van der Waals surface area contributed by atoms with Crippen molar-refractivity contribution in [2.24, 2.45) is 7.05 Å². The maximum Gasteiger partial charge on any atom is 0.255 e. The topological polar surface area (TPSA) is 69.5 Å². The summed E-state index contributed by atoms with van der Waals surface area (Å²) in [5.74, 6) is 0.0235. The van der Waals surface area contributed by atoms with Crippen molar-refractivity contribution in [3.05, 3.63) is 23.0 Å². The summed E-state index contributed by atoms with van der Waals surface area (Å²) in [5, 5.41) is 5.29. The first-order valence-electron chi connectivity index (χ1n) is 8.91. The van der Waals surface area contributed by atoms with Crippen LogP contribution in [0.15, 0.2) is 6.07 Å². The number of aromatic nitrogens is 3. The lowest BCUT2D eigenvalue weighted by Crippen LogP contribution is -2.50. The van der Waals surface area contributed by atoms with Crippen molar-refractivity contribution in [2.75, 3.05) is 19.8 Å². The summed E-state index contributed by atoms with van der Waals surface area (Å²) in [6, 6.07) is 1.85. The van der Waals surface area contributed by atoms with E-state index in [9.17, 15) is 4.79 Å². The van der Waals surface area contributed by atoms with Gasteiger partial charge in [-0.1, -0.05) is 0 Å². The van der Waals surface area contributed by atoms with Gasteiger partial charge in [-0.05, 0) is 39.2 Å². The molecule has 134 valence electrons. The summed E-state index contributed by atoms with van der Waals surface area (Å²) in [6.45, 7) is 5.77. The fourth-order valence-electron chi connectivity index (χ4n) is 3.98. The first-order chi connectivity index (χ1) is 12.1. The van der Waals surface area contributed by atoms with Crippen molar-refractivity contribution in [2.45, 2.75) is 45.4 Å². The van der Waals surface area contributed by atoms with Crippen molar-refractivity contribution in [3.63, 3.8) is 0 Å². The molecule has 4 rings (SSSR count). The molecule has 7 nitrogen and oxygen atoms in total. The van der Waals surface area contributed by atoms with Crippen LogP contribution in [0, 0.1) is 13.8 Å². The van der Waals surface area contributed by atoms with Gasteiger partial charge in [0, 0.05) is 19.3 Å². The number of pyridine rings is 1. The van der Waals surface area contributed by atoms with Gasteiger partial charge in [-0.2, -0.15) is 5.10 Å². The SMILES string of the molecule is Cc1cc(C(=O)N2CCCC[C@H]2C2OCCO2)c2c(C)nn(C)c2n1. The molecule has 2 aliphatic rings. The minimum Gasteiger partial charge on any atom is -0.348 e. The van der Waals surface area contributed by atoms with E-state index < -0.39 is 0 Å². The summed E-state index contributed by atoms with van der Waals surface area (Å²) >= 11 is 0. The third kappa shape index (κ3) is 2.81. The van der Waals surface area contributed by atoms with Gasteiger partial charge in [-0.15, -0.1) is 0 Å². The second kappa shape index (κ2) is 6.38. The van der Waals surface area contributed by atoms with Crippen LogP contribution < -0.4 is 0 Å². The zero-order chi connectivity index (χ0) is 17.6. The first-order valence-corrected chi connectivity index (χ1v) is 8.91. The number of fused-ring (bicyclic) bond motifs is 1. The molecule has 0 aliphatic carbocycles. The molecular formula is C18H24N4O3. The summed E-state index contributed by atoms with van der Waals surface area (Å²) in [5.41, 5.74) is 3.08. The number of amides is 1. The van der Waals surface area contributed by atoms with E-state index in [-0.39, 0.29) is 18.2 Å². The monoisotopic (exact) mass is 344 g/mol. The Morgan fingerprint density at radius 1 is 1.24 bits per heavy atom. The highest BCUT2D eigenvalue weighted by Gasteiger charge is 2.37. The van der Waals surface area contributed by atoms with E-state index in [1.165, 1.54) is 0 Å². The van der Waals surface area contributed by atoms with Crippen LogP contribution in [0.4, 0.5) is 0 Å². The first kappa shape index (κ1) is 16.5. The number of rotatable bonds is 2. The third-order valence-corrected chi connectivity index (χ3v) is 5.10. The highest BCUT2D eigenvalue weighted by molar-refractivity contribution is 6.06. The fourth-order valence-corrected chi connectivity index (χ4v) is 3.98. The van der Waals surface area contributed by atoms with Crippen LogP contribution in [0.3, 0.4) is 0 Å². The van der Waals surface area contributed by atoms with Crippen molar-refractivity contribution in [1.82, 2.24) is 19.7 Å². The third-order valence-electron chi connectivity index (χ3n) is 5.10. The van der Waals surface area contributed by atoms with E-state index in [1.807, 2.05) is 31.9 Å². The van der Waals surface area contributed by atoms with Crippen LogP contribution in [0.1, 0.15) is 41.0 Å². The van der Waals surface area contributed by atoms with E-state index in [4.69, 9.17) is 9.47 Å². The smallest absolute Gasteiger partial charge is 0.255 e. The van der Waals surface area contributed by atoms with E-state index >= 15 is 0 Å². The van der Waals surface area contributed by atoms with Crippen molar-refractivity contribution < 1.29 is 14.3 Å². The molecule has 0 bridgehead atoms. The maximum atomic E-state index is 13.4. The largest absolute Gasteiger partial charge is 0.348 e. The van der Waals surface area contributed by atoms with Crippen LogP contribution in [-0.2, 0) is 16.5 Å². The molecule has 2 fully saturated rings. The van der Waals surface area contributed by atoms with Gasteiger partial charge in [0.2, 0.25) is 0 Å². The Bertz CT molecular complexity index is 810. The van der Waals surface area contributed by atoms with Gasteiger partial charge < -0.3 is 14.4 Å².